The minimum Gasteiger partial charge on any atom is -0.366 e. The molecule has 0 saturated heterocycles. The Balaban J connectivity index is 3.10. The average molecular weight is 242 g/mol. The van der Waals surface area contributed by atoms with Crippen LogP contribution in [-0.2, 0) is 0 Å². The summed E-state index contributed by atoms with van der Waals surface area (Å²) in [5, 5.41) is 8.40. The Bertz CT molecular complexity index is 393. The Kier molecular flexibility index (Phi) is 3.23. The lowest BCUT2D eigenvalue weighted by Crippen LogP contribution is -2.20. The number of aromatic amines is 1. The van der Waals surface area contributed by atoms with Crippen molar-refractivity contribution < 1.29 is 0 Å². The average Bonchev–Trinajstić information content (AvgIpc) is 2.10. The number of H-pyrrole nitrogens is 1. The van der Waals surface area contributed by atoms with E-state index in [9.17, 15) is 4.79 Å². The first-order chi connectivity index (χ1) is 6.16. The van der Waals surface area contributed by atoms with Crippen LogP contribution in [0.4, 0.5) is 0 Å². The molecule has 0 spiro atoms. The van der Waals surface area contributed by atoms with Gasteiger partial charge in [0.05, 0.1) is 17.0 Å². The Hall–Kier alpha value is -1.12. The van der Waals surface area contributed by atoms with Gasteiger partial charge in [-0.25, -0.2) is 0 Å². The predicted octanol–water partition coefficient (Wildman–Crippen LogP) is 1.05. The minimum atomic E-state index is -0.522. The second-order valence-corrected chi connectivity index (χ2v) is 3.41. The van der Waals surface area contributed by atoms with Gasteiger partial charge in [-0.3, -0.25) is 4.79 Å². The van der Waals surface area contributed by atoms with Crippen LogP contribution in [0.5, 0.6) is 0 Å². The number of aromatic nitrogens is 1. The number of hydrogen-bond donors (Lipinski definition) is 2. The van der Waals surface area contributed by atoms with Gasteiger partial charge in [-0.05, 0) is 15.9 Å². The second-order valence-electron chi connectivity index (χ2n) is 2.56. The van der Waals surface area contributed by atoms with Crippen LogP contribution in [0.2, 0.25) is 0 Å². The fraction of sp³-hybridized carbons (Fsp3) is 0.250. The molecule has 1 aromatic rings. The maximum Gasteiger partial charge on any atom is 0.200 e. The number of nitriles is 1. The van der Waals surface area contributed by atoms with Crippen molar-refractivity contribution in [2.45, 2.75) is 12.5 Å². The molecule has 1 atom stereocenters. The molecule has 0 radical (unpaired) electrons. The first-order valence-corrected chi connectivity index (χ1v) is 4.45. The summed E-state index contributed by atoms with van der Waals surface area (Å²) in [6.07, 6.45) is 3.19. The lowest BCUT2D eigenvalue weighted by atomic mass is 10.1. The molecule has 13 heavy (non-hydrogen) atoms. The molecule has 1 aromatic heterocycles. The van der Waals surface area contributed by atoms with Gasteiger partial charge in [-0.2, -0.15) is 5.26 Å². The molecule has 0 aromatic carbocycles. The molecule has 0 bridgehead atoms. The third-order valence-corrected chi connectivity index (χ3v) is 2.23. The summed E-state index contributed by atoms with van der Waals surface area (Å²) in [5.74, 6) is 0. The van der Waals surface area contributed by atoms with Gasteiger partial charge in [-0.1, -0.05) is 0 Å². The number of nitrogens with two attached hydrogens (primary N) is 1. The summed E-state index contributed by atoms with van der Waals surface area (Å²) in [6, 6.07) is 1.40. The van der Waals surface area contributed by atoms with E-state index in [1.807, 2.05) is 6.07 Å². The summed E-state index contributed by atoms with van der Waals surface area (Å²) in [7, 11) is 0. The zero-order valence-corrected chi connectivity index (χ0v) is 8.34. The fourth-order valence-electron chi connectivity index (χ4n) is 0.957. The summed E-state index contributed by atoms with van der Waals surface area (Å²) in [5.41, 5.74) is 5.87. The van der Waals surface area contributed by atoms with Gasteiger partial charge in [0.25, 0.3) is 0 Å². The van der Waals surface area contributed by atoms with Crippen LogP contribution in [0, 0.1) is 11.3 Å². The van der Waals surface area contributed by atoms with Gasteiger partial charge in [0.2, 0.25) is 0 Å². The zero-order chi connectivity index (χ0) is 9.84. The molecule has 0 unspecified atom stereocenters. The molecule has 0 saturated carbocycles. The lowest BCUT2D eigenvalue weighted by Gasteiger charge is -2.05. The summed E-state index contributed by atoms with van der Waals surface area (Å²) >= 11 is 3.08. The first kappa shape index (κ1) is 9.96. The quantitative estimate of drug-likeness (QED) is 0.813. The highest BCUT2D eigenvalue weighted by atomic mass is 79.9. The van der Waals surface area contributed by atoms with Crippen molar-refractivity contribution in [2.75, 3.05) is 0 Å². The summed E-state index contributed by atoms with van der Waals surface area (Å²) < 4.78 is 0.429. The third kappa shape index (κ3) is 2.17. The van der Waals surface area contributed by atoms with E-state index < -0.39 is 6.04 Å². The van der Waals surface area contributed by atoms with Gasteiger partial charge < -0.3 is 10.7 Å². The molecule has 0 aliphatic heterocycles. The van der Waals surface area contributed by atoms with E-state index in [1.165, 1.54) is 12.4 Å². The van der Waals surface area contributed by atoms with Crippen molar-refractivity contribution in [2.24, 2.45) is 5.73 Å². The van der Waals surface area contributed by atoms with E-state index in [0.717, 1.165) is 0 Å². The van der Waals surface area contributed by atoms with Crippen LogP contribution in [0.25, 0.3) is 0 Å². The number of pyridine rings is 1. The van der Waals surface area contributed by atoms with E-state index in [4.69, 9.17) is 11.0 Å². The first-order valence-electron chi connectivity index (χ1n) is 3.66. The van der Waals surface area contributed by atoms with Crippen LogP contribution >= 0.6 is 15.9 Å². The number of nitrogens with one attached hydrogen (secondary N) is 1. The molecular weight excluding hydrogens is 234 g/mol. The Morgan fingerprint density at radius 1 is 1.69 bits per heavy atom. The molecular formula is C8H8BrN3O. The molecule has 0 fully saturated rings. The number of rotatable bonds is 2. The van der Waals surface area contributed by atoms with Crippen molar-refractivity contribution in [3.63, 3.8) is 0 Å². The van der Waals surface area contributed by atoms with Crippen LogP contribution < -0.4 is 11.2 Å². The molecule has 4 nitrogen and oxygen atoms in total. The highest BCUT2D eigenvalue weighted by Gasteiger charge is 2.10. The monoisotopic (exact) mass is 241 g/mol. The van der Waals surface area contributed by atoms with E-state index in [-0.39, 0.29) is 11.8 Å². The van der Waals surface area contributed by atoms with Crippen LogP contribution in [-0.4, -0.2) is 4.98 Å². The fourth-order valence-corrected chi connectivity index (χ4v) is 1.32. The Morgan fingerprint density at radius 3 is 3.00 bits per heavy atom. The standard InChI is InChI=1S/C8H8BrN3O/c9-6-4-12-3-5(8(6)13)7(11)1-2-10/h3-4,7H,1,11H2,(H,12,13)/t7-/m1/s1. The van der Waals surface area contributed by atoms with Crippen molar-refractivity contribution in [1.82, 2.24) is 4.98 Å². The molecule has 0 amide bonds. The Morgan fingerprint density at radius 2 is 2.38 bits per heavy atom. The van der Waals surface area contributed by atoms with Crippen LogP contribution in [0.1, 0.15) is 18.0 Å². The van der Waals surface area contributed by atoms with Gasteiger partial charge in [0.15, 0.2) is 5.43 Å². The van der Waals surface area contributed by atoms with Gasteiger partial charge in [0, 0.05) is 24.0 Å². The van der Waals surface area contributed by atoms with Crippen LogP contribution in [0.15, 0.2) is 21.7 Å². The predicted molar refractivity (Wildman–Crippen MR) is 51.9 cm³/mol. The van der Waals surface area contributed by atoms with Crippen molar-refractivity contribution in [3.8, 4) is 6.07 Å². The molecule has 68 valence electrons. The number of hydrogen-bond acceptors (Lipinski definition) is 3. The Labute approximate surface area is 83.5 Å². The second kappa shape index (κ2) is 4.21. The van der Waals surface area contributed by atoms with Gasteiger partial charge >= 0.3 is 0 Å². The normalized spacial score (nSPS) is 12.1. The molecule has 0 aliphatic carbocycles. The SMILES string of the molecule is N#CC[C@@H](N)c1c[nH]cc(Br)c1=O. The van der Waals surface area contributed by atoms with Crippen molar-refractivity contribution >= 4 is 15.9 Å². The van der Waals surface area contributed by atoms with Gasteiger partial charge in [0.1, 0.15) is 0 Å². The van der Waals surface area contributed by atoms with Gasteiger partial charge in [-0.15, -0.1) is 0 Å². The maximum atomic E-state index is 11.4. The van der Waals surface area contributed by atoms with Crippen molar-refractivity contribution in [1.29, 1.82) is 5.26 Å². The topological polar surface area (TPSA) is 82.7 Å². The van der Waals surface area contributed by atoms with E-state index in [1.54, 1.807) is 0 Å². The van der Waals surface area contributed by atoms with E-state index >= 15 is 0 Å². The third-order valence-electron chi connectivity index (χ3n) is 1.64. The molecule has 5 heteroatoms. The highest BCUT2D eigenvalue weighted by Crippen LogP contribution is 2.10. The molecule has 1 heterocycles. The molecule has 0 aliphatic rings. The number of halogens is 1. The van der Waals surface area contributed by atoms with E-state index in [0.29, 0.717) is 10.0 Å². The highest BCUT2D eigenvalue weighted by molar-refractivity contribution is 9.10. The summed E-state index contributed by atoms with van der Waals surface area (Å²) in [4.78, 5) is 14.2. The largest absolute Gasteiger partial charge is 0.366 e. The lowest BCUT2D eigenvalue weighted by molar-refractivity contribution is 0.736. The zero-order valence-electron chi connectivity index (χ0n) is 6.75. The van der Waals surface area contributed by atoms with Crippen LogP contribution in [0.3, 0.4) is 0 Å². The smallest absolute Gasteiger partial charge is 0.200 e. The maximum absolute atomic E-state index is 11.4. The van der Waals surface area contributed by atoms with Crippen molar-refractivity contribution in [3.05, 3.63) is 32.7 Å². The minimum absolute atomic E-state index is 0.138. The van der Waals surface area contributed by atoms with E-state index in [2.05, 4.69) is 20.9 Å². The molecule has 1 rings (SSSR count). The molecule has 3 N–H and O–H groups in total. The summed E-state index contributed by atoms with van der Waals surface area (Å²) in [6.45, 7) is 0. The number of nitrogens with zero attached hydrogens (tertiary/aromatic N) is 1.